The summed E-state index contributed by atoms with van der Waals surface area (Å²) in [6.45, 7) is 3.91. The van der Waals surface area contributed by atoms with Gasteiger partial charge in [-0.1, -0.05) is 40.5 Å². The van der Waals surface area contributed by atoms with Crippen molar-refractivity contribution in [1.29, 1.82) is 0 Å². The van der Waals surface area contributed by atoms with Crippen LogP contribution in [0.4, 0.5) is 4.39 Å². The van der Waals surface area contributed by atoms with E-state index >= 15 is 0 Å². The Morgan fingerprint density at radius 2 is 1.90 bits per heavy atom. The van der Waals surface area contributed by atoms with Gasteiger partial charge in [0.05, 0.1) is 5.02 Å². The quantitative estimate of drug-likeness (QED) is 0.673. The van der Waals surface area contributed by atoms with Gasteiger partial charge < -0.3 is 10.1 Å². The number of nitrogens with one attached hydrogen (secondary N) is 1. The molecule has 0 saturated heterocycles. The summed E-state index contributed by atoms with van der Waals surface area (Å²) in [4.78, 5) is 0. The standard InChI is InChI=1S/C16H16BrClFNO/c1-2-7-20-10-11-3-4-12(8-14(11)17)21-13-5-6-15(18)16(19)9-13/h3-6,8-9,20H,2,7,10H2,1H3. The molecule has 0 spiro atoms. The average molecular weight is 373 g/mol. The van der Waals surface area contributed by atoms with Crippen molar-refractivity contribution in [3.05, 3.63) is 57.3 Å². The molecule has 5 heteroatoms. The normalized spacial score (nSPS) is 10.7. The van der Waals surface area contributed by atoms with Crippen molar-refractivity contribution in [3.8, 4) is 11.5 Å². The number of hydrogen-bond acceptors (Lipinski definition) is 2. The molecule has 112 valence electrons. The van der Waals surface area contributed by atoms with Crippen LogP contribution in [0.3, 0.4) is 0 Å². The van der Waals surface area contributed by atoms with E-state index in [0.717, 1.165) is 29.5 Å². The Bertz CT molecular complexity index is 621. The first-order chi connectivity index (χ1) is 10.1. The van der Waals surface area contributed by atoms with Crippen LogP contribution < -0.4 is 10.1 Å². The molecule has 0 radical (unpaired) electrons. The second-order valence-corrected chi connectivity index (χ2v) is 5.87. The van der Waals surface area contributed by atoms with E-state index in [2.05, 4.69) is 28.2 Å². The molecular weight excluding hydrogens is 357 g/mol. The van der Waals surface area contributed by atoms with Crippen LogP contribution in [0.1, 0.15) is 18.9 Å². The van der Waals surface area contributed by atoms with Gasteiger partial charge in [0.25, 0.3) is 0 Å². The fraction of sp³-hybridized carbons (Fsp3) is 0.250. The molecule has 2 aromatic carbocycles. The van der Waals surface area contributed by atoms with Gasteiger partial charge in [-0.25, -0.2) is 4.39 Å². The minimum atomic E-state index is -0.492. The lowest BCUT2D eigenvalue weighted by Gasteiger charge is -2.10. The van der Waals surface area contributed by atoms with Crippen molar-refractivity contribution in [2.75, 3.05) is 6.54 Å². The highest BCUT2D eigenvalue weighted by Gasteiger charge is 2.06. The Labute approximate surface area is 137 Å². The van der Waals surface area contributed by atoms with Crippen molar-refractivity contribution in [1.82, 2.24) is 5.32 Å². The van der Waals surface area contributed by atoms with E-state index in [9.17, 15) is 4.39 Å². The molecular formula is C16H16BrClFNO. The lowest BCUT2D eigenvalue weighted by molar-refractivity contribution is 0.476. The number of benzene rings is 2. The van der Waals surface area contributed by atoms with E-state index in [-0.39, 0.29) is 5.02 Å². The molecule has 2 rings (SSSR count). The summed E-state index contributed by atoms with van der Waals surface area (Å²) in [6.07, 6.45) is 1.10. The molecule has 0 unspecified atom stereocenters. The van der Waals surface area contributed by atoms with Gasteiger partial charge in [0.15, 0.2) is 0 Å². The van der Waals surface area contributed by atoms with Gasteiger partial charge in [-0.05, 0) is 42.8 Å². The van der Waals surface area contributed by atoms with Crippen LogP contribution in [0.15, 0.2) is 40.9 Å². The van der Waals surface area contributed by atoms with Crippen LogP contribution in [0.25, 0.3) is 0 Å². The van der Waals surface area contributed by atoms with Crippen LogP contribution in [0.2, 0.25) is 5.02 Å². The zero-order valence-electron chi connectivity index (χ0n) is 11.6. The van der Waals surface area contributed by atoms with Crippen molar-refractivity contribution >= 4 is 27.5 Å². The van der Waals surface area contributed by atoms with E-state index in [1.54, 1.807) is 6.07 Å². The van der Waals surface area contributed by atoms with E-state index < -0.39 is 5.82 Å². The van der Waals surface area contributed by atoms with Gasteiger partial charge in [0.1, 0.15) is 17.3 Å². The zero-order valence-corrected chi connectivity index (χ0v) is 14.0. The second-order valence-electron chi connectivity index (χ2n) is 4.61. The number of ether oxygens (including phenoxy) is 1. The summed E-state index contributed by atoms with van der Waals surface area (Å²) in [5, 5.41) is 3.42. The van der Waals surface area contributed by atoms with Gasteiger partial charge in [-0.15, -0.1) is 0 Å². The highest BCUT2D eigenvalue weighted by atomic mass is 79.9. The molecule has 0 atom stereocenters. The molecule has 2 aromatic rings. The molecule has 0 amide bonds. The summed E-state index contributed by atoms with van der Waals surface area (Å²) in [7, 11) is 0. The first-order valence-corrected chi connectivity index (χ1v) is 7.89. The maximum Gasteiger partial charge on any atom is 0.145 e. The third kappa shape index (κ3) is 4.70. The summed E-state index contributed by atoms with van der Waals surface area (Å²) in [5.41, 5.74) is 1.15. The fourth-order valence-corrected chi connectivity index (χ4v) is 2.43. The van der Waals surface area contributed by atoms with E-state index in [0.29, 0.717) is 11.5 Å². The molecule has 0 saturated carbocycles. The maximum absolute atomic E-state index is 13.4. The first kappa shape index (κ1) is 16.3. The smallest absolute Gasteiger partial charge is 0.145 e. The predicted molar refractivity (Wildman–Crippen MR) is 87.6 cm³/mol. The van der Waals surface area contributed by atoms with Gasteiger partial charge >= 0.3 is 0 Å². The van der Waals surface area contributed by atoms with Gasteiger partial charge in [0, 0.05) is 17.1 Å². The summed E-state index contributed by atoms with van der Waals surface area (Å²) < 4.78 is 20.0. The van der Waals surface area contributed by atoms with E-state index in [1.165, 1.54) is 12.1 Å². The summed E-state index contributed by atoms with van der Waals surface area (Å²) in [6, 6.07) is 10.1. The van der Waals surface area contributed by atoms with Crippen LogP contribution in [0.5, 0.6) is 11.5 Å². The van der Waals surface area contributed by atoms with Crippen LogP contribution >= 0.6 is 27.5 Å². The van der Waals surface area contributed by atoms with Crippen molar-refractivity contribution in [2.45, 2.75) is 19.9 Å². The molecule has 0 aliphatic rings. The first-order valence-electron chi connectivity index (χ1n) is 6.72. The Morgan fingerprint density at radius 3 is 2.57 bits per heavy atom. The fourth-order valence-electron chi connectivity index (χ4n) is 1.81. The second kappa shape index (κ2) is 7.78. The Hall–Kier alpha value is -1.10. The van der Waals surface area contributed by atoms with Crippen LogP contribution in [0, 0.1) is 5.82 Å². The van der Waals surface area contributed by atoms with Crippen LogP contribution in [-0.4, -0.2) is 6.54 Å². The molecule has 21 heavy (non-hydrogen) atoms. The molecule has 0 heterocycles. The van der Waals surface area contributed by atoms with Crippen molar-refractivity contribution < 1.29 is 9.13 Å². The van der Waals surface area contributed by atoms with E-state index in [1.807, 2.05) is 18.2 Å². The number of halogens is 3. The molecule has 0 aromatic heterocycles. The largest absolute Gasteiger partial charge is 0.457 e. The highest BCUT2D eigenvalue weighted by Crippen LogP contribution is 2.29. The number of hydrogen-bond donors (Lipinski definition) is 1. The Morgan fingerprint density at radius 1 is 1.19 bits per heavy atom. The minimum Gasteiger partial charge on any atom is -0.457 e. The topological polar surface area (TPSA) is 21.3 Å². The molecule has 0 fully saturated rings. The predicted octanol–water partition coefficient (Wildman–Crippen LogP) is 5.53. The van der Waals surface area contributed by atoms with E-state index in [4.69, 9.17) is 16.3 Å². The van der Waals surface area contributed by atoms with Gasteiger partial charge in [-0.3, -0.25) is 0 Å². The number of rotatable bonds is 6. The third-order valence-corrected chi connectivity index (χ3v) is 3.94. The highest BCUT2D eigenvalue weighted by molar-refractivity contribution is 9.10. The van der Waals surface area contributed by atoms with Gasteiger partial charge in [0.2, 0.25) is 0 Å². The summed E-state index contributed by atoms with van der Waals surface area (Å²) >= 11 is 9.17. The summed E-state index contributed by atoms with van der Waals surface area (Å²) in [5.74, 6) is 0.567. The van der Waals surface area contributed by atoms with Crippen molar-refractivity contribution in [2.24, 2.45) is 0 Å². The molecule has 1 N–H and O–H groups in total. The molecule has 0 aliphatic carbocycles. The minimum absolute atomic E-state index is 0.0841. The molecule has 0 aliphatic heterocycles. The SMILES string of the molecule is CCCNCc1ccc(Oc2ccc(Cl)c(F)c2)cc1Br. The van der Waals surface area contributed by atoms with Crippen LogP contribution in [-0.2, 0) is 6.54 Å². The zero-order chi connectivity index (χ0) is 15.2. The maximum atomic E-state index is 13.4. The monoisotopic (exact) mass is 371 g/mol. The molecule has 2 nitrogen and oxygen atoms in total. The Balaban J connectivity index is 2.07. The molecule has 0 bridgehead atoms. The lowest BCUT2D eigenvalue weighted by atomic mass is 10.2. The van der Waals surface area contributed by atoms with Crippen molar-refractivity contribution in [3.63, 3.8) is 0 Å². The Kier molecular flexibility index (Phi) is 6.03. The lowest BCUT2D eigenvalue weighted by Crippen LogP contribution is -2.14. The average Bonchev–Trinajstić information content (AvgIpc) is 2.45. The third-order valence-electron chi connectivity index (χ3n) is 2.89. The van der Waals surface area contributed by atoms with Gasteiger partial charge in [-0.2, -0.15) is 0 Å².